The highest BCUT2D eigenvalue weighted by Gasteiger charge is 2.00. The van der Waals surface area contributed by atoms with Crippen molar-refractivity contribution in [2.24, 2.45) is 7.05 Å². The number of ether oxygens (including phenoxy) is 1. The van der Waals surface area contributed by atoms with Gasteiger partial charge < -0.3 is 4.74 Å². The summed E-state index contributed by atoms with van der Waals surface area (Å²) in [7, 11) is 1.89. The van der Waals surface area contributed by atoms with E-state index in [9.17, 15) is 0 Å². The van der Waals surface area contributed by atoms with E-state index in [4.69, 9.17) is 4.74 Å². The Hall–Kier alpha value is -1.84. The lowest BCUT2D eigenvalue weighted by atomic mass is 10.1. The first-order valence-electron chi connectivity index (χ1n) is 7.85. The predicted octanol–water partition coefficient (Wildman–Crippen LogP) is 3.56. The number of hydrogen-bond acceptors (Lipinski definition) is 3. The number of rotatable bonds is 9. The number of aromatic nitrogens is 3. The van der Waals surface area contributed by atoms with Gasteiger partial charge in [0.15, 0.2) is 0 Å². The van der Waals surface area contributed by atoms with Gasteiger partial charge in [-0.15, -0.1) is 5.10 Å². The van der Waals surface area contributed by atoms with E-state index in [1.165, 1.54) is 24.8 Å². The first-order valence-corrected chi connectivity index (χ1v) is 7.85. The number of hydrogen-bond donors (Lipinski definition) is 0. The summed E-state index contributed by atoms with van der Waals surface area (Å²) < 4.78 is 7.49. The van der Waals surface area contributed by atoms with Gasteiger partial charge >= 0.3 is 0 Å². The van der Waals surface area contributed by atoms with E-state index in [0.717, 1.165) is 37.3 Å². The zero-order valence-corrected chi connectivity index (χ0v) is 13.1. The summed E-state index contributed by atoms with van der Waals surface area (Å²) >= 11 is 0. The lowest BCUT2D eigenvalue weighted by Crippen LogP contribution is -1.97. The maximum Gasteiger partial charge on any atom is 0.119 e. The summed E-state index contributed by atoms with van der Waals surface area (Å²) in [4.78, 5) is 0. The predicted molar refractivity (Wildman–Crippen MR) is 84.5 cm³/mol. The van der Waals surface area contributed by atoms with Crippen LogP contribution in [0.3, 0.4) is 0 Å². The highest BCUT2D eigenvalue weighted by Crippen LogP contribution is 2.14. The fourth-order valence-corrected chi connectivity index (χ4v) is 2.25. The zero-order valence-electron chi connectivity index (χ0n) is 13.1. The molecular weight excluding hydrogens is 262 g/mol. The molecule has 0 aliphatic carbocycles. The van der Waals surface area contributed by atoms with E-state index in [0.29, 0.717) is 0 Å². The van der Waals surface area contributed by atoms with Crippen LogP contribution in [0.4, 0.5) is 0 Å². The minimum atomic E-state index is 0.818. The smallest absolute Gasteiger partial charge is 0.119 e. The molecule has 0 aliphatic rings. The van der Waals surface area contributed by atoms with Gasteiger partial charge in [0.05, 0.1) is 12.3 Å². The van der Waals surface area contributed by atoms with Gasteiger partial charge in [-0.2, -0.15) is 0 Å². The van der Waals surface area contributed by atoms with E-state index in [1.807, 2.05) is 13.2 Å². The van der Waals surface area contributed by atoms with Gasteiger partial charge in [0.25, 0.3) is 0 Å². The molecule has 2 rings (SSSR count). The van der Waals surface area contributed by atoms with Crippen LogP contribution in [-0.2, 0) is 19.9 Å². The van der Waals surface area contributed by atoms with Gasteiger partial charge in [0.2, 0.25) is 0 Å². The molecule has 0 radical (unpaired) electrons. The van der Waals surface area contributed by atoms with Gasteiger partial charge in [-0.05, 0) is 37.0 Å². The maximum absolute atomic E-state index is 5.75. The maximum atomic E-state index is 5.75. The van der Waals surface area contributed by atoms with Gasteiger partial charge in [-0.3, -0.25) is 4.68 Å². The Morgan fingerprint density at radius 2 is 1.86 bits per heavy atom. The van der Waals surface area contributed by atoms with Crippen molar-refractivity contribution >= 4 is 0 Å². The van der Waals surface area contributed by atoms with Gasteiger partial charge in [0, 0.05) is 13.2 Å². The molecular formula is C17H25N3O. The minimum Gasteiger partial charge on any atom is -0.494 e. The number of benzene rings is 1. The molecule has 0 saturated carbocycles. The molecule has 0 aliphatic heterocycles. The van der Waals surface area contributed by atoms with Crippen molar-refractivity contribution in [1.82, 2.24) is 15.0 Å². The van der Waals surface area contributed by atoms with Crippen molar-refractivity contribution in [2.75, 3.05) is 6.61 Å². The number of nitrogens with zero attached hydrogens (tertiary/aromatic N) is 3. The molecule has 0 amide bonds. The summed E-state index contributed by atoms with van der Waals surface area (Å²) in [5.74, 6) is 0.967. The quantitative estimate of drug-likeness (QED) is 0.662. The molecule has 4 heteroatoms. The summed E-state index contributed by atoms with van der Waals surface area (Å²) in [5, 5.41) is 8.05. The molecule has 0 atom stereocenters. The van der Waals surface area contributed by atoms with E-state index >= 15 is 0 Å². The first-order chi connectivity index (χ1) is 10.3. The standard InChI is InChI=1S/C17H25N3O/c1-3-4-5-6-13-21-17-11-8-15(9-12-17)7-10-16-14-20(2)19-18-16/h8-9,11-12,14H,3-7,10,13H2,1-2H3. The third-order valence-corrected chi connectivity index (χ3v) is 3.51. The van der Waals surface area contributed by atoms with E-state index in [2.05, 4.69) is 41.5 Å². The highest BCUT2D eigenvalue weighted by atomic mass is 16.5. The molecule has 114 valence electrons. The summed E-state index contributed by atoms with van der Waals surface area (Å²) in [6.07, 6.45) is 8.83. The van der Waals surface area contributed by atoms with E-state index in [-0.39, 0.29) is 0 Å². The summed E-state index contributed by atoms with van der Waals surface area (Å²) in [6, 6.07) is 8.40. The molecule has 21 heavy (non-hydrogen) atoms. The van der Waals surface area contributed by atoms with Crippen molar-refractivity contribution in [1.29, 1.82) is 0 Å². The van der Waals surface area contributed by atoms with Crippen LogP contribution in [0.5, 0.6) is 5.75 Å². The highest BCUT2D eigenvalue weighted by molar-refractivity contribution is 5.27. The summed E-state index contributed by atoms with van der Waals surface area (Å²) in [5.41, 5.74) is 2.34. The molecule has 0 bridgehead atoms. The van der Waals surface area contributed by atoms with Crippen LogP contribution in [0.1, 0.15) is 43.9 Å². The zero-order chi connectivity index (χ0) is 14.9. The minimum absolute atomic E-state index is 0.818. The Morgan fingerprint density at radius 1 is 1.05 bits per heavy atom. The number of aryl methyl sites for hydroxylation is 3. The van der Waals surface area contributed by atoms with Crippen LogP contribution < -0.4 is 4.74 Å². The molecule has 2 aromatic rings. The molecule has 0 spiro atoms. The van der Waals surface area contributed by atoms with Crippen LogP contribution in [0.25, 0.3) is 0 Å². The topological polar surface area (TPSA) is 39.9 Å². The fourth-order valence-electron chi connectivity index (χ4n) is 2.25. The van der Waals surface area contributed by atoms with Crippen LogP contribution in [-0.4, -0.2) is 21.6 Å². The average molecular weight is 287 g/mol. The number of unbranched alkanes of at least 4 members (excludes halogenated alkanes) is 3. The SMILES string of the molecule is CCCCCCOc1ccc(CCc2cn(C)nn2)cc1. The molecule has 0 N–H and O–H groups in total. The second kappa shape index (κ2) is 8.45. The Bertz CT molecular complexity index is 519. The van der Waals surface area contributed by atoms with Crippen molar-refractivity contribution in [3.8, 4) is 5.75 Å². The van der Waals surface area contributed by atoms with Gasteiger partial charge in [-0.1, -0.05) is 43.5 Å². The van der Waals surface area contributed by atoms with E-state index < -0.39 is 0 Å². The van der Waals surface area contributed by atoms with Crippen molar-refractivity contribution in [3.63, 3.8) is 0 Å². The van der Waals surface area contributed by atoms with E-state index in [1.54, 1.807) is 4.68 Å². The first kappa shape index (κ1) is 15.5. The van der Waals surface area contributed by atoms with Crippen molar-refractivity contribution < 1.29 is 4.74 Å². The third-order valence-electron chi connectivity index (χ3n) is 3.51. The summed E-state index contributed by atoms with van der Waals surface area (Å²) in [6.45, 7) is 3.04. The average Bonchev–Trinajstić information content (AvgIpc) is 2.92. The normalized spacial score (nSPS) is 10.8. The van der Waals surface area contributed by atoms with Gasteiger partial charge in [0.1, 0.15) is 5.75 Å². The molecule has 1 heterocycles. The van der Waals surface area contributed by atoms with Crippen LogP contribution in [0, 0.1) is 0 Å². The lowest BCUT2D eigenvalue weighted by Gasteiger charge is -2.07. The molecule has 1 aromatic heterocycles. The largest absolute Gasteiger partial charge is 0.494 e. The molecule has 0 saturated heterocycles. The Balaban J connectivity index is 1.71. The Labute approximate surface area is 127 Å². The molecule has 0 fully saturated rings. The van der Waals surface area contributed by atoms with Crippen molar-refractivity contribution in [3.05, 3.63) is 41.7 Å². The third kappa shape index (κ3) is 5.58. The van der Waals surface area contributed by atoms with Gasteiger partial charge in [-0.25, -0.2) is 0 Å². The molecule has 0 unspecified atom stereocenters. The lowest BCUT2D eigenvalue weighted by molar-refractivity contribution is 0.305. The molecule has 4 nitrogen and oxygen atoms in total. The molecule has 1 aromatic carbocycles. The second-order valence-electron chi connectivity index (χ2n) is 5.44. The van der Waals surface area contributed by atoms with Crippen LogP contribution in [0.2, 0.25) is 0 Å². The van der Waals surface area contributed by atoms with Crippen molar-refractivity contribution in [2.45, 2.75) is 45.4 Å². The monoisotopic (exact) mass is 287 g/mol. The van der Waals surface area contributed by atoms with Crippen LogP contribution in [0.15, 0.2) is 30.5 Å². The Morgan fingerprint density at radius 3 is 2.52 bits per heavy atom. The second-order valence-corrected chi connectivity index (χ2v) is 5.44. The fraction of sp³-hybridized carbons (Fsp3) is 0.529. The van der Waals surface area contributed by atoms with Crippen LogP contribution >= 0.6 is 0 Å². The Kier molecular flexibility index (Phi) is 6.25.